The number of carbonyl (C=O) groups excluding carboxylic acids is 1. The van der Waals surface area contributed by atoms with E-state index in [2.05, 4.69) is 23.8 Å². The number of halogens is 3. The second-order valence-corrected chi connectivity index (χ2v) is 7.44. The highest BCUT2D eigenvalue weighted by atomic mass is 19.4. The van der Waals surface area contributed by atoms with Crippen molar-refractivity contribution in [2.75, 3.05) is 6.61 Å². The molecule has 3 fully saturated rings. The first-order valence-electron chi connectivity index (χ1n) is 7.72. The maximum Gasteiger partial charge on any atom is 0.422 e. The van der Waals surface area contributed by atoms with Crippen LogP contribution in [0.25, 0.3) is 0 Å². The molecule has 0 amide bonds. The van der Waals surface area contributed by atoms with Crippen LogP contribution in [0.3, 0.4) is 0 Å². The summed E-state index contributed by atoms with van der Waals surface area (Å²) in [6.45, 7) is 0.876. The molecule has 0 aliphatic heterocycles. The van der Waals surface area contributed by atoms with E-state index in [-0.39, 0.29) is 17.3 Å². The zero-order valence-electron chi connectivity index (χ0n) is 11.9. The van der Waals surface area contributed by atoms with E-state index in [1.54, 1.807) is 0 Å². The van der Waals surface area contributed by atoms with Gasteiger partial charge in [0.25, 0.3) is 0 Å². The maximum atomic E-state index is 12.2. The van der Waals surface area contributed by atoms with E-state index >= 15 is 0 Å². The number of carbonyl (C=O) groups is 1. The Balaban J connectivity index is 1.50. The lowest BCUT2D eigenvalue weighted by atomic mass is 9.60. The molecule has 7 unspecified atom stereocenters. The summed E-state index contributed by atoms with van der Waals surface area (Å²) < 4.78 is 41.1. The van der Waals surface area contributed by atoms with Gasteiger partial charge in [0.2, 0.25) is 0 Å². The molecule has 4 aliphatic rings. The van der Waals surface area contributed by atoms with Gasteiger partial charge in [-0.1, -0.05) is 19.1 Å². The first-order valence-corrected chi connectivity index (χ1v) is 7.72. The van der Waals surface area contributed by atoms with E-state index in [0.29, 0.717) is 30.1 Å². The Morgan fingerprint density at radius 2 is 2.05 bits per heavy atom. The van der Waals surface area contributed by atoms with Crippen molar-refractivity contribution in [2.45, 2.75) is 32.4 Å². The molecule has 7 atom stereocenters. The predicted octanol–water partition coefficient (Wildman–Crippen LogP) is 3.58. The normalized spacial score (nSPS) is 49.7. The highest BCUT2D eigenvalue weighted by Gasteiger charge is 2.68. The minimum atomic E-state index is -4.43. The fourth-order valence-electron chi connectivity index (χ4n) is 6.02. The number of allylic oxidation sites excluding steroid dienone is 2. The number of rotatable bonds is 2. The molecular weight excluding hydrogens is 281 g/mol. The third kappa shape index (κ3) is 1.75. The molecular formula is C16H19F3O2. The van der Waals surface area contributed by atoms with Crippen molar-refractivity contribution in [1.29, 1.82) is 0 Å². The Bertz CT molecular complexity index is 512. The Morgan fingerprint density at radius 1 is 1.29 bits per heavy atom. The topological polar surface area (TPSA) is 26.3 Å². The van der Waals surface area contributed by atoms with Gasteiger partial charge < -0.3 is 4.74 Å². The summed E-state index contributed by atoms with van der Waals surface area (Å²) in [5, 5.41) is 0. The first kappa shape index (κ1) is 13.6. The van der Waals surface area contributed by atoms with Gasteiger partial charge in [-0.2, -0.15) is 13.2 Å². The molecule has 2 nitrogen and oxygen atoms in total. The Labute approximate surface area is 121 Å². The minimum Gasteiger partial charge on any atom is -0.456 e. The Morgan fingerprint density at radius 3 is 2.76 bits per heavy atom. The summed E-state index contributed by atoms with van der Waals surface area (Å²) in [5.74, 6) is 1.34. The first-order chi connectivity index (χ1) is 9.80. The van der Waals surface area contributed by atoms with Crippen LogP contribution < -0.4 is 0 Å². The van der Waals surface area contributed by atoms with Crippen LogP contribution in [0, 0.1) is 40.9 Å². The fraction of sp³-hybridized carbons (Fsp3) is 0.812. The van der Waals surface area contributed by atoms with Crippen molar-refractivity contribution in [3.8, 4) is 0 Å². The van der Waals surface area contributed by atoms with Crippen LogP contribution in [-0.2, 0) is 9.53 Å². The summed E-state index contributed by atoms with van der Waals surface area (Å²) in [7, 11) is 0. The van der Waals surface area contributed by atoms with Crippen LogP contribution in [0.4, 0.5) is 13.2 Å². The van der Waals surface area contributed by atoms with Crippen LogP contribution in [0.15, 0.2) is 12.2 Å². The predicted molar refractivity (Wildman–Crippen MR) is 69.1 cm³/mol. The molecule has 0 radical (unpaired) electrons. The van der Waals surface area contributed by atoms with Crippen molar-refractivity contribution >= 4 is 5.97 Å². The van der Waals surface area contributed by atoms with E-state index in [1.165, 1.54) is 6.42 Å². The summed E-state index contributed by atoms with van der Waals surface area (Å²) in [6.07, 6.45) is 3.01. The molecule has 0 aromatic heterocycles. The largest absolute Gasteiger partial charge is 0.456 e. The van der Waals surface area contributed by atoms with E-state index in [4.69, 9.17) is 0 Å². The van der Waals surface area contributed by atoms with Crippen molar-refractivity contribution in [3.05, 3.63) is 12.2 Å². The van der Waals surface area contributed by atoms with Gasteiger partial charge in [-0.25, -0.2) is 0 Å². The molecule has 0 N–H and O–H groups in total. The lowest BCUT2D eigenvalue weighted by Crippen LogP contribution is -2.42. The van der Waals surface area contributed by atoms with Crippen LogP contribution in [0.5, 0.6) is 0 Å². The summed E-state index contributed by atoms with van der Waals surface area (Å²) in [4.78, 5) is 12.0. The quantitative estimate of drug-likeness (QED) is 0.443. The third-order valence-corrected chi connectivity index (χ3v) is 6.73. The number of ether oxygens (including phenoxy) is 1. The standard InChI is InChI=1S/C16H19F3O2/c1-15-9-3-2-8(4-9)13(15)11-5-10(15)6-12(11)14(20)21-7-16(17,18)19/h2-3,8-13H,4-7H2,1H3. The highest BCUT2D eigenvalue weighted by Crippen LogP contribution is 2.73. The molecule has 3 saturated carbocycles. The van der Waals surface area contributed by atoms with Gasteiger partial charge in [0, 0.05) is 0 Å². The van der Waals surface area contributed by atoms with Gasteiger partial charge in [-0.15, -0.1) is 0 Å². The number of hydrogen-bond donors (Lipinski definition) is 0. The van der Waals surface area contributed by atoms with E-state index in [1.807, 2.05) is 0 Å². The molecule has 4 bridgehead atoms. The molecule has 0 aromatic rings. The molecule has 5 heteroatoms. The minimum absolute atomic E-state index is 0.223. The lowest BCUT2D eigenvalue weighted by Gasteiger charge is -2.44. The Hall–Kier alpha value is -1.00. The van der Waals surface area contributed by atoms with E-state index in [9.17, 15) is 18.0 Å². The zero-order valence-corrected chi connectivity index (χ0v) is 11.9. The van der Waals surface area contributed by atoms with Gasteiger partial charge in [0.15, 0.2) is 6.61 Å². The van der Waals surface area contributed by atoms with Crippen molar-refractivity contribution in [2.24, 2.45) is 40.9 Å². The summed E-state index contributed by atoms with van der Waals surface area (Å²) in [5.41, 5.74) is 0.269. The molecule has 0 saturated heterocycles. The fourth-order valence-corrected chi connectivity index (χ4v) is 6.02. The van der Waals surface area contributed by atoms with Crippen molar-refractivity contribution in [1.82, 2.24) is 0 Å². The monoisotopic (exact) mass is 300 g/mol. The van der Waals surface area contributed by atoms with E-state index in [0.717, 1.165) is 6.42 Å². The molecule has 21 heavy (non-hydrogen) atoms. The van der Waals surface area contributed by atoms with Gasteiger partial charge in [0.05, 0.1) is 5.92 Å². The number of fused-ring (bicyclic) bond motifs is 9. The van der Waals surface area contributed by atoms with Crippen molar-refractivity contribution in [3.63, 3.8) is 0 Å². The number of esters is 1. The maximum absolute atomic E-state index is 12.2. The number of alkyl halides is 3. The van der Waals surface area contributed by atoms with Crippen LogP contribution in [0.1, 0.15) is 26.2 Å². The van der Waals surface area contributed by atoms with Gasteiger partial charge in [-0.05, 0) is 54.3 Å². The lowest BCUT2D eigenvalue weighted by molar-refractivity contribution is -0.191. The molecule has 0 spiro atoms. The average molecular weight is 300 g/mol. The van der Waals surface area contributed by atoms with Gasteiger partial charge >= 0.3 is 12.1 Å². The molecule has 0 heterocycles. The van der Waals surface area contributed by atoms with Crippen molar-refractivity contribution < 1.29 is 22.7 Å². The van der Waals surface area contributed by atoms with Gasteiger partial charge in [0.1, 0.15) is 0 Å². The summed E-state index contributed by atoms with van der Waals surface area (Å²) in [6, 6.07) is 0. The van der Waals surface area contributed by atoms with Crippen LogP contribution in [0.2, 0.25) is 0 Å². The SMILES string of the molecule is CC12C3C=CC(C3)C1C1CC2CC1C(=O)OCC(F)(F)F. The Kier molecular flexibility index (Phi) is 2.63. The average Bonchev–Trinajstić information content (AvgIpc) is 3.11. The highest BCUT2D eigenvalue weighted by molar-refractivity contribution is 5.74. The molecule has 4 rings (SSSR count). The van der Waals surface area contributed by atoms with E-state index < -0.39 is 18.8 Å². The molecule has 4 aliphatic carbocycles. The zero-order chi connectivity index (χ0) is 15.0. The third-order valence-electron chi connectivity index (χ3n) is 6.73. The molecule has 116 valence electrons. The molecule has 0 aromatic carbocycles. The number of hydrogen-bond acceptors (Lipinski definition) is 2. The summed E-state index contributed by atoms with van der Waals surface area (Å²) >= 11 is 0. The second-order valence-electron chi connectivity index (χ2n) is 7.44. The van der Waals surface area contributed by atoms with Crippen LogP contribution in [-0.4, -0.2) is 18.8 Å². The van der Waals surface area contributed by atoms with Crippen LogP contribution >= 0.6 is 0 Å². The second kappa shape index (κ2) is 4.05. The van der Waals surface area contributed by atoms with Gasteiger partial charge in [-0.3, -0.25) is 4.79 Å². The smallest absolute Gasteiger partial charge is 0.422 e.